The van der Waals surface area contributed by atoms with Crippen molar-refractivity contribution < 1.29 is 4.74 Å². The van der Waals surface area contributed by atoms with Crippen LogP contribution in [0.5, 0.6) is 0 Å². The van der Waals surface area contributed by atoms with Crippen LogP contribution in [-0.2, 0) is 11.3 Å². The number of ether oxygens (including phenoxy) is 1. The van der Waals surface area contributed by atoms with Gasteiger partial charge in [0.05, 0.1) is 30.6 Å². The Bertz CT molecular complexity index is 270. The van der Waals surface area contributed by atoms with E-state index < -0.39 is 0 Å². The van der Waals surface area contributed by atoms with Crippen molar-refractivity contribution in [3.63, 3.8) is 0 Å². The second-order valence-corrected chi connectivity index (χ2v) is 2.93. The van der Waals surface area contributed by atoms with E-state index in [-0.39, 0.29) is 0 Å². The summed E-state index contributed by atoms with van der Waals surface area (Å²) in [5.74, 6) is 0. The van der Waals surface area contributed by atoms with Crippen molar-refractivity contribution in [3.8, 4) is 0 Å². The molecule has 0 aromatic carbocycles. The molecule has 0 saturated heterocycles. The standard InChI is InChI=1S/C7H11N3O.C2H6/c1-5-3-11-4-7-6(2)8-9-10(5)7;1-2/h5H,3-4H2,1-2H3;1-2H3. The van der Waals surface area contributed by atoms with E-state index in [1.165, 1.54) is 0 Å². The van der Waals surface area contributed by atoms with E-state index in [4.69, 9.17) is 4.74 Å². The Morgan fingerprint density at radius 3 is 2.77 bits per heavy atom. The average molecular weight is 183 g/mol. The molecule has 1 aromatic heterocycles. The molecule has 0 saturated carbocycles. The number of nitrogens with zero attached hydrogens (tertiary/aromatic N) is 3. The normalized spacial score (nSPS) is 20.2. The first kappa shape index (κ1) is 10.2. The summed E-state index contributed by atoms with van der Waals surface area (Å²) in [4.78, 5) is 0. The van der Waals surface area contributed by atoms with Crippen LogP contribution in [0.3, 0.4) is 0 Å². The fourth-order valence-electron chi connectivity index (χ4n) is 1.31. The molecule has 0 bridgehead atoms. The number of aromatic nitrogens is 3. The topological polar surface area (TPSA) is 39.9 Å². The number of aryl methyl sites for hydroxylation is 1. The number of rotatable bonds is 0. The number of hydrogen-bond acceptors (Lipinski definition) is 3. The maximum Gasteiger partial charge on any atom is 0.0905 e. The minimum absolute atomic E-state index is 0.333. The first-order chi connectivity index (χ1) is 6.29. The highest BCUT2D eigenvalue weighted by atomic mass is 16.5. The van der Waals surface area contributed by atoms with E-state index in [2.05, 4.69) is 17.2 Å². The summed E-state index contributed by atoms with van der Waals surface area (Å²) in [5, 5.41) is 8.01. The van der Waals surface area contributed by atoms with Gasteiger partial charge in [-0.05, 0) is 13.8 Å². The molecule has 0 amide bonds. The molecule has 0 fully saturated rings. The van der Waals surface area contributed by atoms with Gasteiger partial charge in [-0.3, -0.25) is 0 Å². The quantitative estimate of drug-likeness (QED) is 0.614. The highest BCUT2D eigenvalue weighted by molar-refractivity contribution is 5.08. The van der Waals surface area contributed by atoms with E-state index in [9.17, 15) is 0 Å². The molecule has 1 unspecified atom stereocenters. The van der Waals surface area contributed by atoms with Gasteiger partial charge >= 0.3 is 0 Å². The molecule has 1 aromatic rings. The van der Waals surface area contributed by atoms with Crippen molar-refractivity contribution in [1.29, 1.82) is 0 Å². The van der Waals surface area contributed by atoms with Crippen molar-refractivity contribution in [3.05, 3.63) is 11.4 Å². The summed E-state index contributed by atoms with van der Waals surface area (Å²) in [6.07, 6.45) is 0. The van der Waals surface area contributed by atoms with Crippen LogP contribution in [0.4, 0.5) is 0 Å². The Balaban J connectivity index is 0.000000396. The molecule has 0 spiro atoms. The minimum atomic E-state index is 0.333. The van der Waals surface area contributed by atoms with Crippen LogP contribution in [-0.4, -0.2) is 21.6 Å². The van der Waals surface area contributed by atoms with Gasteiger partial charge < -0.3 is 4.74 Å². The van der Waals surface area contributed by atoms with Gasteiger partial charge in [-0.2, -0.15) is 0 Å². The third kappa shape index (κ3) is 1.88. The van der Waals surface area contributed by atoms with Gasteiger partial charge in [0.2, 0.25) is 0 Å². The molecule has 74 valence electrons. The number of hydrogen-bond donors (Lipinski definition) is 0. The smallest absolute Gasteiger partial charge is 0.0905 e. The Labute approximate surface area is 78.9 Å². The Morgan fingerprint density at radius 2 is 2.15 bits per heavy atom. The Kier molecular flexibility index (Phi) is 3.42. The van der Waals surface area contributed by atoms with Gasteiger partial charge in [0.15, 0.2) is 0 Å². The minimum Gasteiger partial charge on any atom is -0.373 e. The zero-order valence-corrected chi connectivity index (χ0v) is 8.74. The van der Waals surface area contributed by atoms with Crippen LogP contribution in [0.1, 0.15) is 38.2 Å². The van der Waals surface area contributed by atoms with Gasteiger partial charge in [0, 0.05) is 0 Å². The summed E-state index contributed by atoms with van der Waals surface area (Å²) in [6, 6.07) is 0.333. The average Bonchev–Trinajstić information content (AvgIpc) is 2.53. The molecule has 0 N–H and O–H groups in total. The van der Waals surface area contributed by atoms with Gasteiger partial charge in [-0.15, -0.1) is 5.10 Å². The molecular formula is C9H17N3O. The third-order valence-corrected chi connectivity index (χ3v) is 2.00. The van der Waals surface area contributed by atoms with Crippen LogP contribution >= 0.6 is 0 Å². The highest BCUT2D eigenvalue weighted by Crippen LogP contribution is 2.17. The first-order valence-corrected chi connectivity index (χ1v) is 4.77. The van der Waals surface area contributed by atoms with Crippen LogP contribution < -0.4 is 0 Å². The van der Waals surface area contributed by atoms with Crippen molar-refractivity contribution >= 4 is 0 Å². The molecule has 1 aliphatic rings. The van der Waals surface area contributed by atoms with E-state index in [1.54, 1.807) is 0 Å². The highest BCUT2D eigenvalue weighted by Gasteiger charge is 2.19. The molecule has 1 aliphatic heterocycles. The monoisotopic (exact) mass is 183 g/mol. The van der Waals surface area contributed by atoms with Crippen LogP contribution in [0.2, 0.25) is 0 Å². The Hall–Kier alpha value is -0.900. The SMILES string of the molecule is CC.Cc1nnn2c1COCC2C. The summed E-state index contributed by atoms with van der Waals surface area (Å²) in [7, 11) is 0. The molecule has 1 atom stereocenters. The lowest BCUT2D eigenvalue weighted by atomic mass is 10.2. The van der Waals surface area contributed by atoms with Crippen molar-refractivity contribution in [2.45, 2.75) is 40.3 Å². The van der Waals surface area contributed by atoms with Crippen molar-refractivity contribution in [1.82, 2.24) is 15.0 Å². The lowest BCUT2D eigenvalue weighted by Gasteiger charge is -2.20. The maximum absolute atomic E-state index is 5.35. The van der Waals surface area contributed by atoms with Gasteiger partial charge in [0.1, 0.15) is 0 Å². The maximum atomic E-state index is 5.35. The van der Waals surface area contributed by atoms with E-state index in [1.807, 2.05) is 25.5 Å². The first-order valence-electron chi connectivity index (χ1n) is 4.77. The third-order valence-electron chi connectivity index (χ3n) is 2.00. The van der Waals surface area contributed by atoms with Gasteiger partial charge in [0.25, 0.3) is 0 Å². The van der Waals surface area contributed by atoms with Crippen LogP contribution in [0, 0.1) is 6.92 Å². The van der Waals surface area contributed by atoms with E-state index in [0.29, 0.717) is 12.6 Å². The van der Waals surface area contributed by atoms with E-state index >= 15 is 0 Å². The molecule has 13 heavy (non-hydrogen) atoms. The summed E-state index contributed by atoms with van der Waals surface area (Å²) < 4.78 is 7.29. The lowest BCUT2D eigenvalue weighted by Crippen LogP contribution is -2.22. The molecule has 4 nitrogen and oxygen atoms in total. The molecule has 0 aliphatic carbocycles. The summed E-state index contributed by atoms with van der Waals surface area (Å²) >= 11 is 0. The Morgan fingerprint density at radius 1 is 1.46 bits per heavy atom. The van der Waals surface area contributed by atoms with Crippen LogP contribution in [0.15, 0.2) is 0 Å². The predicted molar refractivity (Wildman–Crippen MR) is 50.5 cm³/mol. The summed E-state index contributed by atoms with van der Waals surface area (Å²) in [6.45, 7) is 9.44. The fraction of sp³-hybridized carbons (Fsp3) is 0.778. The van der Waals surface area contributed by atoms with Crippen molar-refractivity contribution in [2.75, 3.05) is 6.61 Å². The second-order valence-electron chi connectivity index (χ2n) is 2.93. The second kappa shape index (κ2) is 4.37. The van der Waals surface area contributed by atoms with Gasteiger partial charge in [-0.1, -0.05) is 19.1 Å². The lowest BCUT2D eigenvalue weighted by molar-refractivity contribution is 0.0568. The molecule has 0 radical (unpaired) electrons. The van der Waals surface area contributed by atoms with Gasteiger partial charge in [-0.25, -0.2) is 4.68 Å². The zero-order chi connectivity index (χ0) is 9.84. The zero-order valence-electron chi connectivity index (χ0n) is 8.74. The van der Waals surface area contributed by atoms with Crippen molar-refractivity contribution in [2.24, 2.45) is 0 Å². The largest absolute Gasteiger partial charge is 0.373 e. The molecular weight excluding hydrogens is 166 g/mol. The molecule has 2 heterocycles. The molecule has 4 heteroatoms. The predicted octanol–water partition coefficient (Wildman–Crippen LogP) is 1.70. The number of fused-ring (bicyclic) bond motifs is 1. The fourth-order valence-corrected chi connectivity index (χ4v) is 1.31. The van der Waals surface area contributed by atoms with Crippen LogP contribution in [0.25, 0.3) is 0 Å². The van der Waals surface area contributed by atoms with E-state index in [0.717, 1.165) is 18.0 Å². The summed E-state index contributed by atoms with van der Waals surface area (Å²) in [5.41, 5.74) is 2.10. The molecule has 2 rings (SSSR count).